The van der Waals surface area contributed by atoms with Gasteiger partial charge in [-0.25, -0.2) is 0 Å². The normalized spacial score (nSPS) is 13.4. The molecule has 0 rings (SSSR count). The summed E-state index contributed by atoms with van der Waals surface area (Å²) in [5, 5.41) is 9.33. The van der Waals surface area contributed by atoms with Gasteiger partial charge in [0, 0.05) is 13.7 Å². The van der Waals surface area contributed by atoms with E-state index in [-0.39, 0.29) is 6.10 Å². The molecule has 1 unspecified atom stereocenters. The number of ether oxygens (including phenoxy) is 1. The molecule has 2 nitrogen and oxygen atoms in total. The van der Waals surface area contributed by atoms with Crippen LogP contribution >= 0.6 is 0 Å². The zero-order valence-electron chi connectivity index (χ0n) is 7.68. The first-order valence-electron chi connectivity index (χ1n) is 4.48. The summed E-state index contributed by atoms with van der Waals surface area (Å²) in [5.41, 5.74) is 0. The smallest absolute Gasteiger partial charge is 0.0562 e. The molecule has 0 bridgehead atoms. The molecule has 0 saturated heterocycles. The molecule has 0 aliphatic carbocycles. The Morgan fingerprint density at radius 3 is 2.55 bits per heavy atom. The summed E-state index contributed by atoms with van der Waals surface area (Å²) >= 11 is 0. The van der Waals surface area contributed by atoms with Crippen molar-refractivity contribution in [2.75, 3.05) is 13.7 Å². The van der Waals surface area contributed by atoms with Crippen molar-refractivity contribution in [2.24, 2.45) is 0 Å². The number of hydrogen-bond acceptors (Lipinski definition) is 2. The summed E-state index contributed by atoms with van der Waals surface area (Å²) in [5.74, 6) is 0. The van der Waals surface area contributed by atoms with E-state index in [1.54, 1.807) is 7.11 Å². The van der Waals surface area contributed by atoms with Gasteiger partial charge in [0.1, 0.15) is 0 Å². The van der Waals surface area contributed by atoms with Crippen LogP contribution in [-0.2, 0) is 4.74 Å². The fourth-order valence-electron chi connectivity index (χ4n) is 1.03. The molecule has 1 atom stereocenters. The van der Waals surface area contributed by atoms with E-state index < -0.39 is 0 Å². The van der Waals surface area contributed by atoms with Crippen LogP contribution in [0.3, 0.4) is 0 Å². The molecule has 0 amide bonds. The highest BCUT2D eigenvalue weighted by atomic mass is 16.5. The van der Waals surface area contributed by atoms with Gasteiger partial charge in [-0.15, -0.1) is 0 Å². The third-order valence-corrected chi connectivity index (χ3v) is 1.80. The summed E-state index contributed by atoms with van der Waals surface area (Å²) < 4.78 is 4.86. The van der Waals surface area contributed by atoms with Crippen molar-refractivity contribution in [1.82, 2.24) is 0 Å². The van der Waals surface area contributed by atoms with Crippen LogP contribution in [-0.4, -0.2) is 24.9 Å². The minimum atomic E-state index is -0.151. The van der Waals surface area contributed by atoms with Gasteiger partial charge in [-0.05, 0) is 12.8 Å². The van der Waals surface area contributed by atoms with Crippen LogP contribution in [0.25, 0.3) is 0 Å². The molecule has 0 aliphatic rings. The zero-order valence-corrected chi connectivity index (χ0v) is 7.68. The van der Waals surface area contributed by atoms with E-state index in [1.807, 2.05) is 0 Å². The van der Waals surface area contributed by atoms with Crippen LogP contribution in [0.4, 0.5) is 0 Å². The van der Waals surface area contributed by atoms with Gasteiger partial charge in [-0.1, -0.05) is 26.2 Å². The van der Waals surface area contributed by atoms with Gasteiger partial charge >= 0.3 is 0 Å². The van der Waals surface area contributed by atoms with Crippen LogP contribution in [0.5, 0.6) is 0 Å². The van der Waals surface area contributed by atoms with E-state index in [2.05, 4.69) is 6.92 Å². The summed E-state index contributed by atoms with van der Waals surface area (Å²) in [6, 6.07) is 0. The van der Waals surface area contributed by atoms with E-state index in [4.69, 9.17) is 4.74 Å². The second-order valence-corrected chi connectivity index (χ2v) is 2.93. The first-order chi connectivity index (χ1) is 5.31. The van der Waals surface area contributed by atoms with Gasteiger partial charge in [0.25, 0.3) is 0 Å². The lowest BCUT2D eigenvalue weighted by Gasteiger charge is -2.08. The predicted molar refractivity (Wildman–Crippen MR) is 46.6 cm³/mol. The molecular weight excluding hydrogens is 140 g/mol. The van der Waals surface area contributed by atoms with Crippen molar-refractivity contribution in [1.29, 1.82) is 0 Å². The SMILES string of the molecule is CCCCCC(O)CCOC. The molecule has 0 aliphatic heterocycles. The molecule has 11 heavy (non-hydrogen) atoms. The van der Waals surface area contributed by atoms with E-state index >= 15 is 0 Å². The van der Waals surface area contributed by atoms with Crippen molar-refractivity contribution in [3.8, 4) is 0 Å². The Labute approximate surface area is 69.6 Å². The Morgan fingerprint density at radius 2 is 2.00 bits per heavy atom. The largest absolute Gasteiger partial charge is 0.393 e. The number of unbranched alkanes of at least 4 members (excludes halogenated alkanes) is 2. The van der Waals surface area contributed by atoms with Crippen LogP contribution in [0.2, 0.25) is 0 Å². The lowest BCUT2D eigenvalue weighted by molar-refractivity contribution is 0.102. The van der Waals surface area contributed by atoms with Crippen molar-refractivity contribution in [2.45, 2.75) is 45.1 Å². The summed E-state index contributed by atoms with van der Waals surface area (Å²) in [6.45, 7) is 2.84. The molecule has 0 spiro atoms. The summed E-state index contributed by atoms with van der Waals surface area (Å²) in [7, 11) is 1.67. The van der Waals surface area contributed by atoms with Crippen molar-refractivity contribution in [3.05, 3.63) is 0 Å². The average Bonchev–Trinajstić information content (AvgIpc) is 2.01. The molecule has 0 fully saturated rings. The van der Waals surface area contributed by atoms with Crippen LogP contribution < -0.4 is 0 Å². The van der Waals surface area contributed by atoms with Gasteiger partial charge in [-0.3, -0.25) is 0 Å². The Hall–Kier alpha value is -0.0800. The minimum Gasteiger partial charge on any atom is -0.393 e. The zero-order chi connectivity index (χ0) is 8.53. The molecule has 1 N–H and O–H groups in total. The highest BCUT2D eigenvalue weighted by Crippen LogP contribution is 2.05. The summed E-state index contributed by atoms with van der Waals surface area (Å²) in [4.78, 5) is 0. The molecule has 68 valence electrons. The first-order valence-corrected chi connectivity index (χ1v) is 4.48. The Morgan fingerprint density at radius 1 is 1.27 bits per heavy atom. The number of aliphatic hydroxyl groups is 1. The quantitative estimate of drug-likeness (QED) is 0.577. The highest BCUT2D eigenvalue weighted by Gasteiger charge is 2.01. The molecule has 0 saturated carbocycles. The third kappa shape index (κ3) is 7.82. The number of rotatable bonds is 7. The lowest BCUT2D eigenvalue weighted by atomic mass is 10.1. The predicted octanol–water partition coefficient (Wildman–Crippen LogP) is 1.96. The van der Waals surface area contributed by atoms with Gasteiger partial charge in [0.05, 0.1) is 6.10 Å². The minimum absolute atomic E-state index is 0.151. The maximum atomic E-state index is 9.33. The Bertz CT molecular complexity index is 74.0. The van der Waals surface area contributed by atoms with Crippen LogP contribution in [0.15, 0.2) is 0 Å². The average molecular weight is 160 g/mol. The molecule has 0 heterocycles. The van der Waals surface area contributed by atoms with Gasteiger partial charge < -0.3 is 9.84 Å². The van der Waals surface area contributed by atoms with E-state index in [1.165, 1.54) is 12.8 Å². The molecule has 0 aromatic carbocycles. The molecule has 2 heteroatoms. The standard InChI is InChI=1S/C9H20O2/c1-3-4-5-6-9(10)7-8-11-2/h9-10H,3-8H2,1-2H3. The fourth-order valence-corrected chi connectivity index (χ4v) is 1.03. The lowest BCUT2D eigenvalue weighted by Crippen LogP contribution is -2.09. The van der Waals surface area contributed by atoms with E-state index in [0.29, 0.717) is 6.61 Å². The molecular formula is C9H20O2. The Kier molecular flexibility index (Phi) is 7.96. The molecule has 0 aromatic heterocycles. The molecule has 0 aromatic rings. The first kappa shape index (κ1) is 10.9. The van der Waals surface area contributed by atoms with Crippen LogP contribution in [0.1, 0.15) is 39.0 Å². The second-order valence-electron chi connectivity index (χ2n) is 2.93. The van der Waals surface area contributed by atoms with Gasteiger partial charge in [0.15, 0.2) is 0 Å². The number of methoxy groups -OCH3 is 1. The Balaban J connectivity index is 3.02. The van der Waals surface area contributed by atoms with Crippen molar-refractivity contribution >= 4 is 0 Å². The number of hydrogen-bond donors (Lipinski definition) is 1. The van der Waals surface area contributed by atoms with Crippen molar-refractivity contribution < 1.29 is 9.84 Å². The van der Waals surface area contributed by atoms with Gasteiger partial charge in [-0.2, -0.15) is 0 Å². The van der Waals surface area contributed by atoms with Gasteiger partial charge in [0.2, 0.25) is 0 Å². The fraction of sp³-hybridized carbons (Fsp3) is 1.00. The summed E-state index contributed by atoms with van der Waals surface area (Å²) in [6.07, 6.45) is 5.14. The van der Waals surface area contributed by atoms with Crippen molar-refractivity contribution in [3.63, 3.8) is 0 Å². The van der Waals surface area contributed by atoms with Crippen LogP contribution in [0, 0.1) is 0 Å². The topological polar surface area (TPSA) is 29.5 Å². The second kappa shape index (κ2) is 8.02. The maximum Gasteiger partial charge on any atom is 0.0562 e. The highest BCUT2D eigenvalue weighted by molar-refractivity contribution is 4.54. The molecule has 0 radical (unpaired) electrons. The number of aliphatic hydroxyl groups excluding tert-OH is 1. The maximum absolute atomic E-state index is 9.33. The monoisotopic (exact) mass is 160 g/mol. The van der Waals surface area contributed by atoms with E-state index in [9.17, 15) is 5.11 Å². The van der Waals surface area contributed by atoms with E-state index in [0.717, 1.165) is 19.3 Å². The third-order valence-electron chi connectivity index (χ3n) is 1.80.